The Morgan fingerprint density at radius 2 is 1.28 bits per heavy atom. The molecule has 0 aliphatic carbocycles. The number of esters is 2. The first kappa shape index (κ1) is 15.2. The molecule has 0 spiro atoms. The average Bonchev–Trinajstić information content (AvgIpc) is 2.32. The Morgan fingerprint density at radius 1 is 0.944 bits per heavy atom. The van der Waals surface area contributed by atoms with E-state index in [1.807, 2.05) is 0 Å². The summed E-state index contributed by atoms with van der Waals surface area (Å²) in [6.45, 7) is 4.05. The summed E-state index contributed by atoms with van der Waals surface area (Å²) in [5.41, 5.74) is 0.716. The van der Waals surface area contributed by atoms with Crippen LogP contribution in [0.1, 0.15) is 34.6 Å². The molecule has 4 nitrogen and oxygen atoms in total. The van der Waals surface area contributed by atoms with Crippen molar-refractivity contribution >= 4 is 43.8 Å². The molecule has 0 saturated carbocycles. The van der Waals surface area contributed by atoms with E-state index in [2.05, 4.69) is 31.9 Å². The summed E-state index contributed by atoms with van der Waals surface area (Å²) in [7, 11) is 0. The fraction of sp³-hybridized carbons (Fsp3) is 0.333. The van der Waals surface area contributed by atoms with Crippen molar-refractivity contribution in [3.05, 3.63) is 32.2 Å². The monoisotopic (exact) mass is 378 g/mol. The van der Waals surface area contributed by atoms with Gasteiger partial charge in [-0.25, -0.2) is 9.59 Å². The van der Waals surface area contributed by atoms with E-state index in [0.717, 1.165) is 0 Å². The molecule has 0 unspecified atom stereocenters. The highest BCUT2D eigenvalue weighted by atomic mass is 79.9. The summed E-state index contributed by atoms with van der Waals surface area (Å²) in [5.74, 6) is -0.888. The van der Waals surface area contributed by atoms with Crippen LogP contribution >= 0.6 is 31.9 Å². The number of carbonyl (C=O) groups is 2. The van der Waals surface area contributed by atoms with Gasteiger partial charge in [0.1, 0.15) is 0 Å². The normalized spacial score (nSPS) is 10.0. The predicted molar refractivity (Wildman–Crippen MR) is 73.8 cm³/mol. The minimum absolute atomic E-state index is 0.294. The van der Waals surface area contributed by atoms with Crippen LogP contribution in [0.4, 0.5) is 0 Å². The van der Waals surface area contributed by atoms with Crippen molar-refractivity contribution in [3.63, 3.8) is 0 Å². The highest BCUT2D eigenvalue weighted by Crippen LogP contribution is 2.27. The van der Waals surface area contributed by atoms with Crippen LogP contribution in [0.15, 0.2) is 21.1 Å². The van der Waals surface area contributed by atoms with E-state index in [-0.39, 0.29) is 0 Å². The number of hydrogen-bond donors (Lipinski definition) is 0. The average molecular weight is 380 g/mol. The Balaban J connectivity index is 3.11. The third-order valence-corrected chi connectivity index (χ3v) is 3.36. The first-order valence-electron chi connectivity index (χ1n) is 5.34. The van der Waals surface area contributed by atoms with Crippen LogP contribution < -0.4 is 0 Å². The second-order valence-electron chi connectivity index (χ2n) is 3.25. The second kappa shape index (κ2) is 6.89. The summed E-state index contributed by atoms with van der Waals surface area (Å²) in [6, 6.07) is 3.07. The maximum atomic E-state index is 11.6. The standard InChI is InChI=1S/C12H12Br2O4/c1-3-17-11(15)7-5-10(14)8(6-9(7)13)12(16)18-4-2/h5-6H,3-4H2,1-2H3. The molecular formula is C12H12Br2O4. The Morgan fingerprint density at radius 3 is 1.56 bits per heavy atom. The summed E-state index contributed by atoms with van der Waals surface area (Å²) >= 11 is 6.48. The van der Waals surface area contributed by atoms with Gasteiger partial charge in [-0.15, -0.1) is 0 Å². The lowest BCUT2D eigenvalue weighted by molar-refractivity contribution is 0.0509. The van der Waals surface area contributed by atoms with Gasteiger partial charge in [-0.2, -0.15) is 0 Å². The molecule has 1 rings (SSSR count). The molecule has 18 heavy (non-hydrogen) atoms. The quantitative estimate of drug-likeness (QED) is 0.750. The minimum atomic E-state index is -0.444. The Hall–Kier alpha value is -0.880. The molecule has 0 heterocycles. The predicted octanol–water partition coefficient (Wildman–Crippen LogP) is 3.57. The molecule has 0 atom stereocenters. The van der Waals surface area contributed by atoms with Crippen LogP contribution in [0, 0.1) is 0 Å². The number of ether oxygens (including phenoxy) is 2. The molecule has 0 aliphatic heterocycles. The molecular weight excluding hydrogens is 368 g/mol. The summed E-state index contributed by atoms with van der Waals surface area (Å²) in [4.78, 5) is 23.3. The zero-order valence-corrected chi connectivity index (χ0v) is 13.1. The van der Waals surface area contributed by atoms with Crippen LogP contribution in [-0.4, -0.2) is 25.2 Å². The van der Waals surface area contributed by atoms with Crippen LogP contribution in [0.25, 0.3) is 0 Å². The van der Waals surface area contributed by atoms with E-state index < -0.39 is 11.9 Å². The van der Waals surface area contributed by atoms with Crippen LogP contribution in [0.5, 0.6) is 0 Å². The van der Waals surface area contributed by atoms with Gasteiger partial charge in [-0.05, 0) is 57.8 Å². The fourth-order valence-corrected chi connectivity index (χ4v) is 2.29. The first-order valence-corrected chi connectivity index (χ1v) is 6.93. The van der Waals surface area contributed by atoms with E-state index in [1.54, 1.807) is 13.8 Å². The lowest BCUT2D eigenvalue weighted by Crippen LogP contribution is -2.09. The first-order chi connectivity index (χ1) is 8.51. The lowest BCUT2D eigenvalue weighted by atomic mass is 10.1. The summed E-state index contributed by atoms with van der Waals surface area (Å²) in [6.07, 6.45) is 0. The van der Waals surface area contributed by atoms with Gasteiger partial charge in [-0.3, -0.25) is 0 Å². The zero-order chi connectivity index (χ0) is 13.7. The van der Waals surface area contributed by atoms with Gasteiger partial charge < -0.3 is 9.47 Å². The van der Waals surface area contributed by atoms with Crippen molar-refractivity contribution in [2.45, 2.75) is 13.8 Å². The van der Waals surface area contributed by atoms with Crippen molar-refractivity contribution in [1.82, 2.24) is 0 Å². The number of rotatable bonds is 4. The van der Waals surface area contributed by atoms with Crippen molar-refractivity contribution in [2.24, 2.45) is 0 Å². The largest absolute Gasteiger partial charge is 0.462 e. The molecule has 0 fully saturated rings. The van der Waals surface area contributed by atoms with E-state index >= 15 is 0 Å². The van der Waals surface area contributed by atoms with Gasteiger partial charge >= 0.3 is 11.9 Å². The molecule has 0 bridgehead atoms. The van der Waals surface area contributed by atoms with Gasteiger partial charge in [-0.1, -0.05) is 0 Å². The second-order valence-corrected chi connectivity index (χ2v) is 4.96. The molecule has 98 valence electrons. The molecule has 6 heteroatoms. The van der Waals surface area contributed by atoms with Crippen molar-refractivity contribution in [3.8, 4) is 0 Å². The number of carbonyl (C=O) groups excluding carboxylic acids is 2. The summed E-state index contributed by atoms with van der Waals surface area (Å²) in [5, 5.41) is 0. The molecule has 1 aromatic carbocycles. The van der Waals surface area contributed by atoms with E-state index in [9.17, 15) is 9.59 Å². The third-order valence-electron chi connectivity index (χ3n) is 2.05. The number of halogens is 2. The smallest absolute Gasteiger partial charge is 0.339 e. The molecule has 0 N–H and O–H groups in total. The fourth-order valence-electron chi connectivity index (χ4n) is 1.28. The molecule has 1 aromatic rings. The molecule has 0 aliphatic rings. The van der Waals surface area contributed by atoms with Gasteiger partial charge in [0.15, 0.2) is 0 Å². The summed E-state index contributed by atoms with van der Waals surface area (Å²) < 4.78 is 10.8. The van der Waals surface area contributed by atoms with Gasteiger partial charge in [0.25, 0.3) is 0 Å². The highest BCUT2D eigenvalue weighted by Gasteiger charge is 2.18. The Bertz CT molecular complexity index is 428. The highest BCUT2D eigenvalue weighted by molar-refractivity contribution is 9.11. The molecule has 0 aromatic heterocycles. The lowest BCUT2D eigenvalue weighted by Gasteiger charge is -2.09. The third kappa shape index (κ3) is 3.55. The molecule has 0 saturated heterocycles. The zero-order valence-electron chi connectivity index (χ0n) is 9.96. The minimum Gasteiger partial charge on any atom is -0.462 e. The SMILES string of the molecule is CCOC(=O)c1cc(Br)c(C(=O)OCC)cc1Br. The van der Waals surface area contributed by atoms with Gasteiger partial charge in [0.2, 0.25) is 0 Å². The van der Waals surface area contributed by atoms with Gasteiger partial charge in [0, 0.05) is 8.95 Å². The molecule has 0 radical (unpaired) electrons. The van der Waals surface area contributed by atoms with E-state index in [4.69, 9.17) is 9.47 Å². The Labute approximate surface area is 122 Å². The Kier molecular flexibility index (Phi) is 5.81. The van der Waals surface area contributed by atoms with Crippen molar-refractivity contribution < 1.29 is 19.1 Å². The number of hydrogen-bond acceptors (Lipinski definition) is 4. The number of benzene rings is 1. The van der Waals surface area contributed by atoms with E-state index in [1.165, 1.54) is 12.1 Å². The van der Waals surface area contributed by atoms with Crippen LogP contribution in [-0.2, 0) is 9.47 Å². The van der Waals surface area contributed by atoms with E-state index in [0.29, 0.717) is 33.3 Å². The van der Waals surface area contributed by atoms with Crippen LogP contribution in [0.3, 0.4) is 0 Å². The topological polar surface area (TPSA) is 52.6 Å². The maximum absolute atomic E-state index is 11.6. The van der Waals surface area contributed by atoms with Crippen molar-refractivity contribution in [1.29, 1.82) is 0 Å². The molecule has 0 amide bonds. The van der Waals surface area contributed by atoms with Gasteiger partial charge in [0.05, 0.1) is 24.3 Å². The van der Waals surface area contributed by atoms with Crippen molar-refractivity contribution in [2.75, 3.05) is 13.2 Å². The van der Waals surface area contributed by atoms with Crippen LogP contribution in [0.2, 0.25) is 0 Å². The maximum Gasteiger partial charge on any atom is 0.339 e.